The van der Waals surface area contributed by atoms with Gasteiger partial charge in [-0.25, -0.2) is 0 Å². The van der Waals surface area contributed by atoms with E-state index >= 15 is 0 Å². The topological polar surface area (TPSA) is 49.3 Å². The third-order valence-corrected chi connectivity index (χ3v) is 6.91. The highest BCUT2D eigenvalue weighted by atomic mass is 16.4. The second-order valence-corrected chi connectivity index (χ2v) is 10.2. The maximum Gasteiger partial charge on any atom is 0.303 e. The van der Waals surface area contributed by atoms with Crippen LogP contribution in [0.5, 0.6) is 0 Å². The van der Waals surface area contributed by atoms with E-state index in [0.717, 1.165) is 32.1 Å². The Morgan fingerprint density at radius 3 is 1.92 bits per heavy atom. The first-order valence-corrected chi connectivity index (χ1v) is 14.7. The highest BCUT2D eigenvalue weighted by Gasteiger charge is 2.24. The van der Waals surface area contributed by atoms with E-state index in [0.29, 0.717) is 11.8 Å². The first-order valence-electron chi connectivity index (χ1n) is 14.7. The molecular weight excluding hydrogens is 454 g/mol. The second-order valence-electron chi connectivity index (χ2n) is 10.2. The molecule has 0 radical (unpaired) electrons. The van der Waals surface area contributed by atoms with Gasteiger partial charge in [0.05, 0.1) is 0 Å². The van der Waals surface area contributed by atoms with E-state index < -0.39 is 5.97 Å². The van der Waals surface area contributed by atoms with E-state index in [4.69, 9.17) is 0 Å². The SMILES string of the molecule is CCCCCCCC/C=C\CCCCC(CCC(=O)O)C(Cc1ccccc1)c1ccccc1.CNC. The van der Waals surface area contributed by atoms with Gasteiger partial charge in [-0.1, -0.05) is 118 Å². The van der Waals surface area contributed by atoms with Gasteiger partial charge in [0.15, 0.2) is 0 Å². The van der Waals surface area contributed by atoms with Crippen LogP contribution < -0.4 is 5.32 Å². The number of aliphatic carboxylic acids is 1. The summed E-state index contributed by atoms with van der Waals surface area (Å²) in [5.74, 6) is 0.0474. The minimum absolute atomic E-state index is 0.251. The molecule has 0 bridgehead atoms. The van der Waals surface area contributed by atoms with Gasteiger partial charge in [-0.05, 0) is 82.0 Å². The standard InChI is InChI=1S/C32H46O2.C2H7N/c1-2-3-4-5-6-7-8-9-10-11-12-17-24-30(25-26-32(33)34)31(29-22-18-14-19-23-29)27-28-20-15-13-16-21-28;1-3-2/h9-10,13-16,18-23,30-31H,2-8,11-12,17,24-27H2,1H3,(H,33,34);3H,1-2H3/b10-9-;. The van der Waals surface area contributed by atoms with Gasteiger partial charge >= 0.3 is 5.97 Å². The van der Waals surface area contributed by atoms with Gasteiger partial charge < -0.3 is 10.4 Å². The lowest BCUT2D eigenvalue weighted by atomic mass is 9.77. The Bertz CT molecular complexity index is 803. The molecule has 0 fully saturated rings. The molecule has 0 saturated heterocycles. The highest BCUT2D eigenvalue weighted by Crippen LogP contribution is 2.35. The third kappa shape index (κ3) is 16.9. The van der Waals surface area contributed by atoms with Gasteiger partial charge in [0.25, 0.3) is 0 Å². The van der Waals surface area contributed by atoms with Crippen molar-refractivity contribution in [1.29, 1.82) is 0 Å². The van der Waals surface area contributed by atoms with Gasteiger partial charge in [-0.2, -0.15) is 0 Å². The van der Waals surface area contributed by atoms with Crippen molar-refractivity contribution in [3.8, 4) is 0 Å². The number of hydrogen-bond acceptors (Lipinski definition) is 2. The number of unbranched alkanes of at least 4 members (excludes halogenated alkanes) is 8. The number of carboxylic acid groups (broad SMARTS) is 1. The van der Waals surface area contributed by atoms with Crippen LogP contribution in [0, 0.1) is 5.92 Å². The molecule has 0 amide bonds. The molecule has 3 nitrogen and oxygen atoms in total. The first-order chi connectivity index (χ1) is 18.1. The highest BCUT2D eigenvalue weighted by molar-refractivity contribution is 5.66. The number of rotatable bonds is 19. The summed E-state index contributed by atoms with van der Waals surface area (Å²) < 4.78 is 0. The van der Waals surface area contributed by atoms with E-state index in [2.05, 4.69) is 85.1 Å². The van der Waals surface area contributed by atoms with Crippen molar-refractivity contribution in [2.24, 2.45) is 5.92 Å². The lowest BCUT2D eigenvalue weighted by molar-refractivity contribution is -0.137. The fourth-order valence-electron chi connectivity index (χ4n) is 4.93. The molecule has 0 aliphatic heterocycles. The van der Waals surface area contributed by atoms with Gasteiger partial charge in [0.1, 0.15) is 0 Å². The zero-order chi connectivity index (χ0) is 27.0. The van der Waals surface area contributed by atoms with Crippen molar-refractivity contribution in [3.63, 3.8) is 0 Å². The number of carbonyl (C=O) groups is 1. The largest absolute Gasteiger partial charge is 0.481 e. The average Bonchev–Trinajstić information content (AvgIpc) is 2.91. The zero-order valence-corrected chi connectivity index (χ0v) is 23.8. The summed E-state index contributed by atoms with van der Waals surface area (Å²) in [6.07, 6.45) is 20.6. The second kappa shape index (κ2) is 22.8. The molecule has 2 aromatic carbocycles. The Morgan fingerprint density at radius 1 is 0.784 bits per heavy atom. The third-order valence-electron chi connectivity index (χ3n) is 6.91. The van der Waals surface area contributed by atoms with Crippen molar-refractivity contribution in [1.82, 2.24) is 5.32 Å². The minimum Gasteiger partial charge on any atom is -0.481 e. The lowest BCUT2D eigenvalue weighted by Crippen LogP contribution is -2.17. The molecule has 2 N–H and O–H groups in total. The van der Waals surface area contributed by atoms with Crippen molar-refractivity contribution in [2.45, 2.75) is 103 Å². The fraction of sp³-hybridized carbons (Fsp3) is 0.559. The Hall–Kier alpha value is -2.39. The van der Waals surface area contributed by atoms with Gasteiger partial charge in [0, 0.05) is 6.42 Å². The van der Waals surface area contributed by atoms with E-state index in [-0.39, 0.29) is 6.42 Å². The summed E-state index contributed by atoms with van der Waals surface area (Å²) in [6.45, 7) is 2.27. The quantitative estimate of drug-likeness (QED) is 0.147. The molecule has 2 atom stereocenters. The van der Waals surface area contributed by atoms with Crippen LogP contribution in [-0.2, 0) is 11.2 Å². The van der Waals surface area contributed by atoms with E-state index in [9.17, 15) is 9.90 Å². The Labute approximate surface area is 227 Å². The van der Waals surface area contributed by atoms with E-state index in [1.165, 1.54) is 62.5 Å². The molecule has 0 aliphatic rings. The normalized spacial score (nSPS) is 12.6. The van der Waals surface area contributed by atoms with Crippen LogP contribution >= 0.6 is 0 Å². The fourth-order valence-corrected chi connectivity index (χ4v) is 4.93. The molecular formula is C34H53NO2. The lowest BCUT2D eigenvalue weighted by Gasteiger charge is -2.28. The summed E-state index contributed by atoms with van der Waals surface area (Å²) in [4.78, 5) is 11.4. The maximum atomic E-state index is 11.4. The molecule has 206 valence electrons. The van der Waals surface area contributed by atoms with E-state index in [1.807, 2.05) is 14.1 Å². The predicted octanol–water partition coefficient (Wildman–Crippen LogP) is 9.20. The monoisotopic (exact) mass is 507 g/mol. The first kappa shape index (κ1) is 32.6. The number of allylic oxidation sites excluding steroid dienone is 2. The van der Waals surface area contributed by atoms with Crippen molar-refractivity contribution < 1.29 is 9.90 Å². The van der Waals surface area contributed by atoms with Crippen LogP contribution in [0.4, 0.5) is 0 Å². The van der Waals surface area contributed by atoms with Gasteiger partial charge in [-0.15, -0.1) is 0 Å². The maximum absolute atomic E-state index is 11.4. The Morgan fingerprint density at radius 2 is 1.32 bits per heavy atom. The summed E-state index contributed by atoms with van der Waals surface area (Å²) >= 11 is 0. The van der Waals surface area contributed by atoms with Crippen molar-refractivity contribution >= 4 is 5.97 Å². The molecule has 0 aromatic heterocycles. The van der Waals surface area contributed by atoms with Gasteiger partial charge in [0.2, 0.25) is 0 Å². The van der Waals surface area contributed by atoms with Crippen LogP contribution in [-0.4, -0.2) is 25.2 Å². The molecule has 0 heterocycles. The van der Waals surface area contributed by atoms with Crippen LogP contribution in [0.1, 0.15) is 107 Å². The number of nitrogens with one attached hydrogen (secondary N) is 1. The van der Waals surface area contributed by atoms with Gasteiger partial charge in [-0.3, -0.25) is 4.79 Å². The minimum atomic E-state index is -0.686. The Balaban J connectivity index is 0.00000217. The summed E-state index contributed by atoms with van der Waals surface area (Å²) in [7, 11) is 3.75. The molecule has 2 unspecified atom stereocenters. The van der Waals surface area contributed by atoms with E-state index in [1.54, 1.807) is 0 Å². The Kier molecular flexibility index (Phi) is 20.1. The zero-order valence-electron chi connectivity index (χ0n) is 23.8. The summed E-state index contributed by atoms with van der Waals surface area (Å²) in [5, 5.41) is 12.1. The molecule has 37 heavy (non-hydrogen) atoms. The smallest absolute Gasteiger partial charge is 0.303 e. The summed E-state index contributed by atoms with van der Waals surface area (Å²) in [5.41, 5.74) is 2.66. The number of benzene rings is 2. The molecule has 2 rings (SSSR count). The van der Waals surface area contributed by atoms with Crippen LogP contribution in [0.15, 0.2) is 72.8 Å². The molecule has 0 saturated carbocycles. The molecule has 3 heteroatoms. The summed E-state index contributed by atoms with van der Waals surface area (Å²) in [6, 6.07) is 21.3. The molecule has 2 aromatic rings. The molecule has 0 spiro atoms. The van der Waals surface area contributed by atoms with Crippen LogP contribution in [0.25, 0.3) is 0 Å². The number of carboxylic acids is 1. The van der Waals surface area contributed by atoms with Crippen molar-refractivity contribution in [3.05, 3.63) is 83.9 Å². The van der Waals surface area contributed by atoms with Crippen LogP contribution in [0.3, 0.4) is 0 Å². The van der Waals surface area contributed by atoms with Crippen molar-refractivity contribution in [2.75, 3.05) is 14.1 Å². The predicted molar refractivity (Wildman–Crippen MR) is 160 cm³/mol. The average molecular weight is 508 g/mol. The number of hydrogen-bond donors (Lipinski definition) is 2. The van der Waals surface area contributed by atoms with Crippen LogP contribution in [0.2, 0.25) is 0 Å². The molecule has 0 aliphatic carbocycles.